The lowest BCUT2D eigenvalue weighted by atomic mass is 10.2. The van der Waals surface area contributed by atoms with Crippen LogP contribution >= 0.6 is 0 Å². The maximum Gasteiger partial charge on any atom is 0.417 e. The normalized spacial score (nSPS) is 11.7. The third-order valence-corrected chi connectivity index (χ3v) is 3.78. The number of fused-ring (bicyclic) bond motifs is 1. The van der Waals surface area contributed by atoms with Gasteiger partial charge in [-0.1, -0.05) is 12.1 Å². The fourth-order valence-electron chi connectivity index (χ4n) is 2.65. The second-order valence-corrected chi connectivity index (χ2v) is 5.60. The minimum Gasteiger partial charge on any atom is -0.461 e. The monoisotopic (exact) mass is 366 g/mol. The van der Waals surface area contributed by atoms with Gasteiger partial charge >= 0.3 is 12.1 Å². The number of nitrogens with zero attached hydrogens (tertiary/aromatic N) is 2. The summed E-state index contributed by atoms with van der Waals surface area (Å²) in [6, 6.07) is 7.94. The molecule has 0 saturated carbocycles. The van der Waals surface area contributed by atoms with Crippen LogP contribution in [0.1, 0.15) is 28.5 Å². The van der Waals surface area contributed by atoms with Crippen LogP contribution in [0, 0.1) is 5.82 Å². The molecule has 0 unspecified atom stereocenters. The zero-order valence-corrected chi connectivity index (χ0v) is 13.7. The van der Waals surface area contributed by atoms with Crippen LogP contribution in [0.15, 0.2) is 42.6 Å². The number of carbonyl (C=O) groups is 1. The molecule has 0 amide bonds. The highest BCUT2D eigenvalue weighted by molar-refractivity contribution is 5.94. The van der Waals surface area contributed by atoms with Gasteiger partial charge in [-0.3, -0.25) is 0 Å². The number of rotatable bonds is 4. The minimum atomic E-state index is -4.55. The summed E-state index contributed by atoms with van der Waals surface area (Å²) in [7, 11) is 0. The molecule has 3 aromatic rings. The van der Waals surface area contributed by atoms with Gasteiger partial charge in [0, 0.05) is 18.1 Å². The lowest BCUT2D eigenvalue weighted by molar-refractivity contribution is -0.137. The molecular formula is C18H14F4N2O2. The second-order valence-electron chi connectivity index (χ2n) is 5.60. The number of aromatic nitrogens is 2. The van der Waals surface area contributed by atoms with Gasteiger partial charge in [-0.15, -0.1) is 0 Å². The van der Waals surface area contributed by atoms with Gasteiger partial charge in [0.05, 0.1) is 12.2 Å². The summed E-state index contributed by atoms with van der Waals surface area (Å²) in [5, 5.41) is 0.152. The molecule has 26 heavy (non-hydrogen) atoms. The Hall–Kier alpha value is -2.90. The molecular weight excluding hydrogens is 352 g/mol. The van der Waals surface area contributed by atoms with Crippen molar-refractivity contribution in [3.8, 4) is 0 Å². The third-order valence-electron chi connectivity index (χ3n) is 3.78. The summed E-state index contributed by atoms with van der Waals surface area (Å²) in [5.41, 5.74) is -0.138. The fourth-order valence-corrected chi connectivity index (χ4v) is 2.65. The number of alkyl halides is 3. The van der Waals surface area contributed by atoms with Crippen molar-refractivity contribution in [1.82, 2.24) is 9.55 Å². The van der Waals surface area contributed by atoms with Gasteiger partial charge in [-0.25, -0.2) is 14.2 Å². The van der Waals surface area contributed by atoms with Crippen LogP contribution in [-0.4, -0.2) is 22.1 Å². The molecule has 0 atom stereocenters. The van der Waals surface area contributed by atoms with Crippen molar-refractivity contribution in [1.29, 1.82) is 0 Å². The van der Waals surface area contributed by atoms with Crippen LogP contribution < -0.4 is 0 Å². The highest BCUT2D eigenvalue weighted by Gasteiger charge is 2.32. The van der Waals surface area contributed by atoms with Crippen molar-refractivity contribution in [3.05, 3.63) is 65.2 Å². The van der Waals surface area contributed by atoms with Crippen molar-refractivity contribution in [2.75, 3.05) is 6.61 Å². The van der Waals surface area contributed by atoms with Crippen molar-refractivity contribution in [2.45, 2.75) is 19.6 Å². The number of ether oxygens (including phenoxy) is 1. The Labute approximate surface area is 146 Å². The molecule has 0 aliphatic heterocycles. The first-order valence-corrected chi connectivity index (χ1v) is 7.77. The van der Waals surface area contributed by atoms with E-state index in [4.69, 9.17) is 4.74 Å². The fraction of sp³-hybridized carbons (Fsp3) is 0.222. The van der Waals surface area contributed by atoms with Gasteiger partial charge in [-0.05, 0) is 36.8 Å². The molecule has 0 N–H and O–H groups in total. The Morgan fingerprint density at radius 2 is 2.00 bits per heavy atom. The maximum absolute atomic E-state index is 13.4. The molecule has 4 nitrogen and oxygen atoms in total. The van der Waals surface area contributed by atoms with Crippen molar-refractivity contribution >= 4 is 17.0 Å². The summed E-state index contributed by atoms with van der Waals surface area (Å²) in [4.78, 5) is 16.1. The summed E-state index contributed by atoms with van der Waals surface area (Å²) >= 11 is 0. The average molecular weight is 366 g/mol. The maximum atomic E-state index is 13.4. The number of benzene rings is 1. The number of halogens is 4. The van der Waals surface area contributed by atoms with E-state index in [1.54, 1.807) is 13.0 Å². The second kappa shape index (κ2) is 6.78. The molecule has 0 aliphatic carbocycles. The van der Waals surface area contributed by atoms with Crippen LogP contribution in [0.3, 0.4) is 0 Å². The summed E-state index contributed by atoms with van der Waals surface area (Å²) in [5.74, 6) is -1.14. The Balaban J connectivity index is 2.14. The first kappa shape index (κ1) is 17.9. The van der Waals surface area contributed by atoms with Crippen LogP contribution in [0.2, 0.25) is 0 Å². The lowest BCUT2D eigenvalue weighted by Gasteiger charge is -2.10. The number of hydrogen-bond acceptors (Lipinski definition) is 3. The average Bonchev–Trinajstić information content (AvgIpc) is 2.92. The third kappa shape index (κ3) is 3.54. The molecule has 2 aromatic heterocycles. The van der Waals surface area contributed by atoms with Crippen LogP contribution in [-0.2, 0) is 17.5 Å². The van der Waals surface area contributed by atoms with Gasteiger partial charge in [0.2, 0.25) is 0 Å². The van der Waals surface area contributed by atoms with E-state index in [2.05, 4.69) is 4.98 Å². The van der Waals surface area contributed by atoms with E-state index in [-0.39, 0.29) is 29.9 Å². The molecule has 136 valence electrons. The Bertz CT molecular complexity index is 963. The van der Waals surface area contributed by atoms with Gasteiger partial charge in [0.25, 0.3) is 0 Å². The molecule has 0 aliphatic rings. The number of pyridine rings is 1. The van der Waals surface area contributed by atoms with E-state index in [1.807, 2.05) is 0 Å². The van der Waals surface area contributed by atoms with Crippen LogP contribution in [0.25, 0.3) is 11.0 Å². The Morgan fingerprint density at radius 1 is 1.23 bits per heavy atom. The first-order chi connectivity index (χ1) is 12.3. The first-order valence-electron chi connectivity index (χ1n) is 7.77. The predicted octanol–water partition coefficient (Wildman–Crippen LogP) is 4.42. The van der Waals surface area contributed by atoms with Crippen molar-refractivity contribution in [2.24, 2.45) is 0 Å². The summed E-state index contributed by atoms with van der Waals surface area (Å²) in [6.07, 6.45) is -3.84. The van der Waals surface area contributed by atoms with Gasteiger partial charge in [0.1, 0.15) is 17.2 Å². The molecule has 2 heterocycles. The van der Waals surface area contributed by atoms with Crippen LogP contribution in [0.4, 0.5) is 17.6 Å². The van der Waals surface area contributed by atoms with Crippen molar-refractivity contribution < 1.29 is 27.1 Å². The van der Waals surface area contributed by atoms with E-state index in [1.165, 1.54) is 28.8 Å². The highest BCUT2D eigenvalue weighted by Crippen LogP contribution is 2.31. The molecule has 0 spiro atoms. The largest absolute Gasteiger partial charge is 0.461 e. The smallest absolute Gasteiger partial charge is 0.417 e. The quantitative estimate of drug-likeness (QED) is 0.507. The van der Waals surface area contributed by atoms with E-state index in [9.17, 15) is 22.4 Å². The van der Waals surface area contributed by atoms with E-state index in [0.29, 0.717) is 11.8 Å². The molecule has 3 rings (SSSR count). The molecule has 0 bridgehead atoms. The molecule has 0 radical (unpaired) electrons. The lowest BCUT2D eigenvalue weighted by Crippen LogP contribution is -2.13. The predicted molar refractivity (Wildman–Crippen MR) is 86.2 cm³/mol. The topological polar surface area (TPSA) is 44.1 Å². The summed E-state index contributed by atoms with van der Waals surface area (Å²) < 4.78 is 58.6. The van der Waals surface area contributed by atoms with Gasteiger partial charge in [-0.2, -0.15) is 13.2 Å². The molecule has 8 heteroatoms. The van der Waals surface area contributed by atoms with E-state index >= 15 is 0 Å². The number of esters is 1. The molecule has 0 fully saturated rings. The Morgan fingerprint density at radius 3 is 2.65 bits per heavy atom. The standard InChI is InChI=1S/C18H14F4N2O2/c1-2-26-17(25)15-8-12-7-13(18(20,21)22)9-23-16(12)24(15)10-11-4-3-5-14(19)6-11/h3-9H,2,10H2,1H3. The number of carbonyl (C=O) groups excluding carboxylic acids is 1. The van der Waals surface area contributed by atoms with E-state index in [0.717, 1.165) is 6.07 Å². The zero-order chi connectivity index (χ0) is 18.9. The van der Waals surface area contributed by atoms with E-state index < -0.39 is 23.5 Å². The van der Waals surface area contributed by atoms with Crippen molar-refractivity contribution in [3.63, 3.8) is 0 Å². The van der Waals surface area contributed by atoms with Crippen LogP contribution in [0.5, 0.6) is 0 Å². The zero-order valence-electron chi connectivity index (χ0n) is 13.7. The number of hydrogen-bond donors (Lipinski definition) is 0. The summed E-state index contributed by atoms with van der Waals surface area (Å²) in [6.45, 7) is 1.80. The SMILES string of the molecule is CCOC(=O)c1cc2cc(C(F)(F)F)cnc2n1Cc1cccc(F)c1. The minimum absolute atomic E-state index is 0.0536. The molecule has 1 aromatic carbocycles. The van der Waals surface area contributed by atoms with Gasteiger partial charge in [0.15, 0.2) is 0 Å². The molecule has 0 saturated heterocycles. The van der Waals surface area contributed by atoms with Gasteiger partial charge < -0.3 is 9.30 Å². The Kier molecular flexibility index (Phi) is 4.67. The highest BCUT2D eigenvalue weighted by atomic mass is 19.4.